The van der Waals surface area contributed by atoms with Crippen LogP contribution in [0, 0.1) is 0 Å². The fourth-order valence-electron chi connectivity index (χ4n) is 2.13. The fraction of sp³-hybridized carbons (Fsp3) is 0.467. The minimum absolute atomic E-state index is 0.0998. The molecule has 122 valence electrons. The standard InChI is InChI=1S/C15H21NO5S/c1-4-11(2)16(10-15(18)19)14(17)9-12-7-5-6-8-13(12)22(3,20)21/h5-8,11H,4,9-10H2,1-3H3,(H,18,19). The Morgan fingerprint density at radius 1 is 1.27 bits per heavy atom. The van der Waals surface area contributed by atoms with E-state index in [1.165, 1.54) is 11.0 Å². The highest BCUT2D eigenvalue weighted by molar-refractivity contribution is 7.90. The first-order chi connectivity index (χ1) is 10.2. The van der Waals surface area contributed by atoms with Crippen LogP contribution in [-0.4, -0.2) is 49.1 Å². The highest BCUT2D eigenvalue weighted by atomic mass is 32.2. The minimum atomic E-state index is -3.44. The number of carbonyl (C=O) groups excluding carboxylic acids is 1. The van der Waals surface area contributed by atoms with Gasteiger partial charge in [-0.2, -0.15) is 0 Å². The quantitative estimate of drug-likeness (QED) is 0.816. The van der Waals surface area contributed by atoms with Crippen LogP contribution < -0.4 is 0 Å². The molecule has 0 saturated carbocycles. The molecule has 22 heavy (non-hydrogen) atoms. The second kappa shape index (κ2) is 7.40. The van der Waals surface area contributed by atoms with E-state index in [2.05, 4.69) is 0 Å². The lowest BCUT2D eigenvalue weighted by Gasteiger charge is -2.27. The van der Waals surface area contributed by atoms with Gasteiger partial charge in [0, 0.05) is 12.3 Å². The molecular formula is C15H21NO5S. The molecule has 0 saturated heterocycles. The number of nitrogens with zero attached hydrogens (tertiary/aromatic N) is 1. The zero-order valence-electron chi connectivity index (χ0n) is 12.9. The van der Waals surface area contributed by atoms with Crippen molar-refractivity contribution in [3.8, 4) is 0 Å². The number of carboxylic acid groups (broad SMARTS) is 1. The molecule has 1 rings (SSSR count). The van der Waals surface area contributed by atoms with Crippen molar-refractivity contribution in [3.63, 3.8) is 0 Å². The van der Waals surface area contributed by atoms with Crippen molar-refractivity contribution in [1.29, 1.82) is 0 Å². The Labute approximate surface area is 130 Å². The molecule has 0 aliphatic carbocycles. The molecule has 1 aromatic rings. The van der Waals surface area contributed by atoms with Crippen LogP contribution in [0.5, 0.6) is 0 Å². The minimum Gasteiger partial charge on any atom is -0.480 e. The third kappa shape index (κ3) is 4.84. The zero-order valence-corrected chi connectivity index (χ0v) is 13.8. The average Bonchev–Trinajstić information content (AvgIpc) is 2.43. The van der Waals surface area contributed by atoms with E-state index < -0.39 is 28.3 Å². The number of hydrogen-bond donors (Lipinski definition) is 1. The molecule has 0 spiro atoms. The van der Waals surface area contributed by atoms with Crippen LogP contribution in [0.15, 0.2) is 29.2 Å². The lowest BCUT2D eigenvalue weighted by atomic mass is 10.1. The number of benzene rings is 1. The molecule has 0 fully saturated rings. The predicted octanol–water partition coefficient (Wildman–Crippen LogP) is 1.34. The molecule has 0 heterocycles. The summed E-state index contributed by atoms with van der Waals surface area (Å²) < 4.78 is 23.5. The highest BCUT2D eigenvalue weighted by Gasteiger charge is 2.23. The summed E-state index contributed by atoms with van der Waals surface area (Å²) in [6, 6.07) is 6.04. The molecule has 7 heteroatoms. The number of carbonyl (C=O) groups is 2. The summed E-state index contributed by atoms with van der Waals surface area (Å²) in [6.07, 6.45) is 1.56. The largest absolute Gasteiger partial charge is 0.480 e. The highest BCUT2D eigenvalue weighted by Crippen LogP contribution is 2.17. The summed E-state index contributed by atoms with van der Waals surface area (Å²) in [6.45, 7) is 3.23. The number of carboxylic acids is 1. The maximum Gasteiger partial charge on any atom is 0.323 e. The lowest BCUT2D eigenvalue weighted by molar-refractivity contribution is -0.145. The van der Waals surface area contributed by atoms with Gasteiger partial charge >= 0.3 is 5.97 Å². The van der Waals surface area contributed by atoms with Crippen molar-refractivity contribution in [1.82, 2.24) is 4.90 Å². The first-order valence-electron chi connectivity index (χ1n) is 6.96. The molecule has 1 amide bonds. The van der Waals surface area contributed by atoms with E-state index in [9.17, 15) is 18.0 Å². The molecule has 6 nitrogen and oxygen atoms in total. The van der Waals surface area contributed by atoms with Gasteiger partial charge in [-0.15, -0.1) is 0 Å². The van der Waals surface area contributed by atoms with Crippen molar-refractivity contribution < 1.29 is 23.1 Å². The van der Waals surface area contributed by atoms with Gasteiger partial charge < -0.3 is 10.0 Å². The second-order valence-electron chi connectivity index (χ2n) is 5.23. The molecule has 0 aromatic heterocycles. The van der Waals surface area contributed by atoms with Crippen LogP contribution in [0.2, 0.25) is 0 Å². The smallest absolute Gasteiger partial charge is 0.323 e. The third-order valence-electron chi connectivity index (χ3n) is 3.46. The monoisotopic (exact) mass is 327 g/mol. The number of rotatable bonds is 7. The number of sulfone groups is 1. The first kappa shape index (κ1) is 18.2. The van der Waals surface area contributed by atoms with Crippen LogP contribution in [0.4, 0.5) is 0 Å². The molecule has 0 aliphatic rings. The van der Waals surface area contributed by atoms with Gasteiger partial charge in [0.05, 0.1) is 11.3 Å². The second-order valence-corrected chi connectivity index (χ2v) is 7.21. The van der Waals surface area contributed by atoms with Crippen LogP contribution in [0.1, 0.15) is 25.8 Å². The Morgan fingerprint density at radius 2 is 1.86 bits per heavy atom. The van der Waals surface area contributed by atoms with E-state index in [1.807, 2.05) is 6.92 Å². The summed E-state index contributed by atoms with van der Waals surface area (Å²) in [5.74, 6) is -1.49. The summed E-state index contributed by atoms with van der Waals surface area (Å²) >= 11 is 0. The number of hydrogen-bond acceptors (Lipinski definition) is 4. The molecule has 0 bridgehead atoms. The van der Waals surface area contributed by atoms with Gasteiger partial charge in [-0.25, -0.2) is 8.42 Å². The van der Waals surface area contributed by atoms with E-state index in [-0.39, 0.29) is 17.4 Å². The van der Waals surface area contributed by atoms with E-state index >= 15 is 0 Å². The van der Waals surface area contributed by atoms with Crippen LogP contribution in [0.3, 0.4) is 0 Å². The van der Waals surface area contributed by atoms with E-state index in [0.29, 0.717) is 12.0 Å². The Bertz CT molecular complexity index is 654. The van der Waals surface area contributed by atoms with Gasteiger partial charge in [-0.05, 0) is 25.0 Å². The Balaban J connectivity index is 3.07. The van der Waals surface area contributed by atoms with E-state index in [4.69, 9.17) is 5.11 Å². The topological polar surface area (TPSA) is 91.8 Å². The third-order valence-corrected chi connectivity index (χ3v) is 4.66. The van der Waals surface area contributed by atoms with Crippen molar-refractivity contribution in [2.24, 2.45) is 0 Å². The van der Waals surface area contributed by atoms with Crippen LogP contribution in [0.25, 0.3) is 0 Å². The summed E-state index contributed by atoms with van der Waals surface area (Å²) in [7, 11) is -3.44. The fourth-order valence-corrected chi connectivity index (χ4v) is 3.07. The number of amides is 1. The molecule has 1 atom stereocenters. The van der Waals surface area contributed by atoms with Crippen molar-refractivity contribution in [3.05, 3.63) is 29.8 Å². The Hall–Kier alpha value is -1.89. The molecular weight excluding hydrogens is 306 g/mol. The average molecular weight is 327 g/mol. The van der Waals surface area contributed by atoms with Crippen LogP contribution >= 0.6 is 0 Å². The zero-order chi connectivity index (χ0) is 16.9. The molecule has 1 aromatic carbocycles. The van der Waals surface area contributed by atoms with E-state index in [0.717, 1.165) is 6.26 Å². The SMILES string of the molecule is CCC(C)N(CC(=O)O)C(=O)Cc1ccccc1S(C)(=O)=O. The van der Waals surface area contributed by atoms with Gasteiger partial charge in [-0.1, -0.05) is 25.1 Å². The molecule has 0 aliphatic heterocycles. The lowest BCUT2D eigenvalue weighted by Crippen LogP contribution is -2.42. The number of aliphatic carboxylic acids is 1. The van der Waals surface area contributed by atoms with Crippen molar-refractivity contribution >= 4 is 21.7 Å². The summed E-state index contributed by atoms with van der Waals surface area (Å²) in [5.41, 5.74) is 0.383. The van der Waals surface area contributed by atoms with Gasteiger partial charge in [-0.3, -0.25) is 9.59 Å². The van der Waals surface area contributed by atoms with Gasteiger partial charge in [0.25, 0.3) is 0 Å². The normalized spacial score (nSPS) is 12.7. The van der Waals surface area contributed by atoms with Crippen molar-refractivity contribution in [2.75, 3.05) is 12.8 Å². The Kier molecular flexibility index (Phi) is 6.11. The molecule has 1 unspecified atom stereocenters. The van der Waals surface area contributed by atoms with Crippen LogP contribution in [-0.2, 0) is 25.8 Å². The molecule has 0 radical (unpaired) electrons. The van der Waals surface area contributed by atoms with E-state index in [1.54, 1.807) is 25.1 Å². The summed E-state index contributed by atoms with van der Waals surface area (Å²) in [5, 5.41) is 8.94. The molecule has 1 N–H and O–H groups in total. The Morgan fingerprint density at radius 3 is 2.36 bits per heavy atom. The van der Waals surface area contributed by atoms with Gasteiger partial charge in [0.1, 0.15) is 6.54 Å². The van der Waals surface area contributed by atoms with Gasteiger partial charge in [0.2, 0.25) is 5.91 Å². The van der Waals surface area contributed by atoms with Crippen molar-refractivity contribution in [2.45, 2.75) is 37.6 Å². The maximum absolute atomic E-state index is 12.4. The predicted molar refractivity (Wildman–Crippen MR) is 82.4 cm³/mol. The first-order valence-corrected chi connectivity index (χ1v) is 8.85. The van der Waals surface area contributed by atoms with Gasteiger partial charge in [0.15, 0.2) is 9.84 Å². The summed E-state index contributed by atoms with van der Waals surface area (Å²) in [4.78, 5) is 24.7. The maximum atomic E-state index is 12.4.